The molecule has 0 saturated carbocycles. The minimum absolute atomic E-state index is 0.262. The molecular formula is C16H20N4O2. The molecule has 6 nitrogen and oxygen atoms in total. The molecule has 0 spiro atoms. The lowest BCUT2D eigenvalue weighted by atomic mass is 10.0. The van der Waals surface area contributed by atoms with Crippen molar-refractivity contribution in [3.05, 3.63) is 30.2 Å². The van der Waals surface area contributed by atoms with Crippen LogP contribution in [-0.2, 0) is 4.74 Å². The quantitative estimate of drug-likeness (QED) is 0.879. The highest BCUT2D eigenvalue weighted by Crippen LogP contribution is 2.27. The third-order valence-electron chi connectivity index (χ3n) is 3.51. The Morgan fingerprint density at radius 2 is 2.09 bits per heavy atom. The van der Waals surface area contributed by atoms with Crippen LogP contribution in [0.15, 0.2) is 24.7 Å². The number of hydrogen-bond acceptors (Lipinski definition) is 4. The Labute approximate surface area is 129 Å². The standard InChI is InChI=1S/C16H20N4O2/c1-16(2,3)22-15(21)20-8-4-11(5-9-20)12-10-19-14-13(12)17-6-7-18-14/h4,6-7,10H,5,8-9H2,1-3H3,(H,18,19). The van der Waals surface area contributed by atoms with Crippen molar-refractivity contribution in [2.75, 3.05) is 13.1 Å². The first kappa shape index (κ1) is 14.6. The second-order valence-corrected chi connectivity index (χ2v) is 6.36. The molecule has 0 atom stereocenters. The summed E-state index contributed by atoms with van der Waals surface area (Å²) in [7, 11) is 0. The van der Waals surface area contributed by atoms with Crippen molar-refractivity contribution >= 4 is 22.8 Å². The van der Waals surface area contributed by atoms with Crippen LogP contribution in [0.5, 0.6) is 0 Å². The van der Waals surface area contributed by atoms with Gasteiger partial charge in [0.15, 0.2) is 5.65 Å². The van der Waals surface area contributed by atoms with Crippen molar-refractivity contribution in [2.45, 2.75) is 32.8 Å². The molecule has 2 aromatic heterocycles. The molecule has 22 heavy (non-hydrogen) atoms. The van der Waals surface area contributed by atoms with Crippen LogP contribution in [0.4, 0.5) is 4.79 Å². The number of nitrogens with one attached hydrogen (secondary N) is 1. The first-order valence-electron chi connectivity index (χ1n) is 7.39. The fourth-order valence-electron chi connectivity index (χ4n) is 2.50. The van der Waals surface area contributed by atoms with E-state index in [1.54, 1.807) is 17.3 Å². The van der Waals surface area contributed by atoms with Gasteiger partial charge < -0.3 is 14.6 Å². The summed E-state index contributed by atoms with van der Waals surface area (Å²) in [6.45, 7) is 6.83. The van der Waals surface area contributed by atoms with E-state index in [4.69, 9.17) is 4.74 Å². The maximum atomic E-state index is 12.1. The van der Waals surface area contributed by atoms with Gasteiger partial charge in [-0.05, 0) is 32.8 Å². The topological polar surface area (TPSA) is 71.1 Å². The van der Waals surface area contributed by atoms with Crippen molar-refractivity contribution in [1.29, 1.82) is 0 Å². The van der Waals surface area contributed by atoms with E-state index in [1.807, 2.05) is 27.0 Å². The van der Waals surface area contributed by atoms with Crippen LogP contribution in [0.25, 0.3) is 16.7 Å². The number of fused-ring (bicyclic) bond motifs is 1. The molecule has 0 radical (unpaired) electrons. The lowest BCUT2D eigenvalue weighted by molar-refractivity contribution is 0.0270. The predicted octanol–water partition coefficient (Wildman–Crippen LogP) is 2.98. The Balaban J connectivity index is 1.75. The van der Waals surface area contributed by atoms with Gasteiger partial charge in [0, 0.05) is 37.2 Å². The zero-order valence-electron chi connectivity index (χ0n) is 13.1. The van der Waals surface area contributed by atoms with E-state index in [0.29, 0.717) is 13.1 Å². The molecular weight excluding hydrogens is 280 g/mol. The molecule has 6 heteroatoms. The number of aromatic amines is 1. The SMILES string of the molecule is CC(C)(C)OC(=O)N1CC=C(c2c[nH]c3nccnc23)CC1. The van der Waals surface area contributed by atoms with E-state index in [0.717, 1.165) is 23.1 Å². The van der Waals surface area contributed by atoms with E-state index in [1.165, 1.54) is 5.57 Å². The number of carbonyl (C=O) groups excluding carboxylic acids is 1. The highest BCUT2D eigenvalue weighted by Gasteiger charge is 2.24. The van der Waals surface area contributed by atoms with Crippen molar-refractivity contribution in [3.8, 4) is 0 Å². The highest BCUT2D eigenvalue weighted by molar-refractivity contribution is 5.88. The van der Waals surface area contributed by atoms with Gasteiger partial charge in [0.25, 0.3) is 0 Å². The number of H-pyrrole nitrogens is 1. The second kappa shape index (κ2) is 5.44. The van der Waals surface area contributed by atoms with Gasteiger partial charge in [-0.3, -0.25) is 4.98 Å². The van der Waals surface area contributed by atoms with Crippen molar-refractivity contribution in [3.63, 3.8) is 0 Å². The Bertz CT molecular complexity index is 727. The van der Waals surface area contributed by atoms with E-state index in [9.17, 15) is 4.79 Å². The normalized spacial score (nSPS) is 15.8. The number of amides is 1. The van der Waals surface area contributed by atoms with Crippen LogP contribution in [0.3, 0.4) is 0 Å². The van der Waals surface area contributed by atoms with E-state index in [2.05, 4.69) is 21.0 Å². The summed E-state index contributed by atoms with van der Waals surface area (Å²) in [5.74, 6) is 0. The second-order valence-electron chi connectivity index (χ2n) is 6.36. The van der Waals surface area contributed by atoms with Gasteiger partial charge in [-0.1, -0.05) is 6.08 Å². The largest absolute Gasteiger partial charge is 0.444 e. The van der Waals surface area contributed by atoms with Crippen molar-refractivity contribution < 1.29 is 9.53 Å². The average molecular weight is 300 g/mol. The number of rotatable bonds is 1. The lowest BCUT2D eigenvalue weighted by Crippen LogP contribution is -2.39. The maximum Gasteiger partial charge on any atom is 0.410 e. The fourth-order valence-corrected chi connectivity index (χ4v) is 2.50. The van der Waals surface area contributed by atoms with Crippen molar-refractivity contribution in [1.82, 2.24) is 19.9 Å². The van der Waals surface area contributed by atoms with Gasteiger partial charge >= 0.3 is 6.09 Å². The first-order chi connectivity index (χ1) is 10.4. The van der Waals surface area contributed by atoms with E-state index in [-0.39, 0.29) is 6.09 Å². The van der Waals surface area contributed by atoms with Crippen molar-refractivity contribution in [2.24, 2.45) is 0 Å². The predicted molar refractivity (Wildman–Crippen MR) is 84.3 cm³/mol. The number of ether oxygens (including phenoxy) is 1. The molecule has 0 bridgehead atoms. The molecule has 2 aromatic rings. The van der Waals surface area contributed by atoms with Crippen LogP contribution in [0, 0.1) is 0 Å². The number of nitrogens with zero attached hydrogens (tertiary/aromatic N) is 3. The van der Waals surface area contributed by atoms with Gasteiger partial charge in [0.05, 0.1) is 0 Å². The third kappa shape index (κ3) is 2.95. The van der Waals surface area contributed by atoms with Gasteiger partial charge in [0.1, 0.15) is 11.1 Å². The molecule has 1 aliphatic heterocycles. The maximum absolute atomic E-state index is 12.1. The first-order valence-corrected chi connectivity index (χ1v) is 7.39. The molecule has 1 aliphatic rings. The average Bonchev–Trinajstić information content (AvgIpc) is 2.89. The van der Waals surface area contributed by atoms with Crippen LogP contribution in [-0.4, -0.2) is 44.6 Å². The van der Waals surface area contributed by atoms with Crippen LogP contribution < -0.4 is 0 Å². The Kier molecular flexibility index (Phi) is 3.60. The molecule has 1 amide bonds. The zero-order chi connectivity index (χ0) is 15.7. The monoisotopic (exact) mass is 300 g/mol. The molecule has 0 aliphatic carbocycles. The van der Waals surface area contributed by atoms with Crippen LogP contribution in [0.2, 0.25) is 0 Å². The van der Waals surface area contributed by atoms with Gasteiger partial charge in [-0.25, -0.2) is 9.78 Å². The lowest BCUT2D eigenvalue weighted by Gasteiger charge is -2.29. The number of hydrogen-bond donors (Lipinski definition) is 1. The molecule has 0 saturated heterocycles. The molecule has 0 fully saturated rings. The Morgan fingerprint density at radius 3 is 2.77 bits per heavy atom. The molecule has 1 N–H and O–H groups in total. The minimum atomic E-state index is -0.465. The summed E-state index contributed by atoms with van der Waals surface area (Å²) < 4.78 is 5.40. The smallest absolute Gasteiger partial charge is 0.410 e. The molecule has 3 heterocycles. The van der Waals surface area contributed by atoms with Gasteiger partial charge in [-0.15, -0.1) is 0 Å². The number of aromatic nitrogens is 3. The molecule has 0 aromatic carbocycles. The van der Waals surface area contributed by atoms with E-state index < -0.39 is 5.60 Å². The Morgan fingerprint density at radius 1 is 1.32 bits per heavy atom. The highest BCUT2D eigenvalue weighted by atomic mass is 16.6. The summed E-state index contributed by atoms with van der Waals surface area (Å²) in [4.78, 5) is 25.5. The zero-order valence-corrected chi connectivity index (χ0v) is 13.1. The minimum Gasteiger partial charge on any atom is -0.444 e. The van der Waals surface area contributed by atoms with E-state index >= 15 is 0 Å². The van der Waals surface area contributed by atoms with Gasteiger partial charge in [0.2, 0.25) is 0 Å². The summed E-state index contributed by atoms with van der Waals surface area (Å²) in [5, 5.41) is 0. The van der Waals surface area contributed by atoms with Crippen LogP contribution in [0.1, 0.15) is 32.8 Å². The molecule has 0 unspecified atom stereocenters. The Hall–Kier alpha value is -2.37. The summed E-state index contributed by atoms with van der Waals surface area (Å²) in [6.07, 6.45) is 7.87. The summed E-state index contributed by atoms with van der Waals surface area (Å²) >= 11 is 0. The third-order valence-corrected chi connectivity index (χ3v) is 3.51. The summed E-state index contributed by atoms with van der Waals surface area (Å²) in [6, 6.07) is 0. The molecule has 116 valence electrons. The number of carbonyl (C=O) groups is 1. The van der Waals surface area contributed by atoms with Crippen LogP contribution >= 0.6 is 0 Å². The molecule has 3 rings (SSSR count). The summed E-state index contributed by atoms with van der Waals surface area (Å²) in [5.41, 5.74) is 3.44. The van der Waals surface area contributed by atoms with Gasteiger partial charge in [-0.2, -0.15) is 0 Å². The fraction of sp³-hybridized carbons (Fsp3) is 0.438.